The van der Waals surface area contributed by atoms with E-state index in [2.05, 4.69) is 28.2 Å². The Morgan fingerprint density at radius 3 is 2.50 bits per heavy atom. The SMILES string of the molecule is CCCNCc1ccc(S(=O)(=O)N(C)C)c(Br)c1. The summed E-state index contributed by atoms with van der Waals surface area (Å²) in [6.45, 7) is 3.81. The van der Waals surface area contributed by atoms with E-state index in [-0.39, 0.29) is 0 Å². The first-order chi connectivity index (χ1) is 8.39. The molecule has 0 fully saturated rings. The van der Waals surface area contributed by atoms with E-state index in [1.54, 1.807) is 6.07 Å². The van der Waals surface area contributed by atoms with Crippen molar-refractivity contribution in [3.8, 4) is 0 Å². The fraction of sp³-hybridized carbons (Fsp3) is 0.500. The van der Waals surface area contributed by atoms with Gasteiger partial charge in [-0.1, -0.05) is 13.0 Å². The molecule has 0 saturated heterocycles. The van der Waals surface area contributed by atoms with Crippen LogP contribution in [0, 0.1) is 0 Å². The minimum Gasteiger partial charge on any atom is -0.313 e. The van der Waals surface area contributed by atoms with Crippen LogP contribution in [-0.2, 0) is 16.6 Å². The summed E-state index contributed by atoms with van der Waals surface area (Å²) in [6, 6.07) is 5.32. The van der Waals surface area contributed by atoms with E-state index in [0.29, 0.717) is 9.37 Å². The zero-order chi connectivity index (χ0) is 13.8. The number of nitrogens with zero attached hydrogens (tertiary/aromatic N) is 1. The van der Waals surface area contributed by atoms with Crippen LogP contribution in [0.5, 0.6) is 0 Å². The predicted molar refractivity (Wildman–Crippen MR) is 77.0 cm³/mol. The van der Waals surface area contributed by atoms with Crippen molar-refractivity contribution in [1.29, 1.82) is 0 Å². The standard InChI is InChI=1S/C12H19BrN2O2S/c1-4-7-14-9-10-5-6-12(11(13)8-10)18(16,17)15(2)3/h5-6,8,14H,4,7,9H2,1-3H3. The Morgan fingerprint density at radius 1 is 1.33 bits per heavy atom. The molecule has 0 aromatic heterocycles. The molecule has 0 heterocycles. The van der Waals surface area contributed by atoms with Crippen LogP contribution in [0.2, 0.25) is 0 Å². The van der Waals surface area contributed by atoms with Crippen molar-refractivity contribution in [3.05, 3.63) is 28.2 Å². The van der Waals surface area contributed by atoms with E-state index >= 15 is 0 Å². The number of nitrogens with one attached hydrogen (secondary N) is 1. The van der Waals surface area contributed by atoms with Gasteiger partial charge in [0.1, 0.15) is 0 Å². The Bertz CT molecular complexity index is 501. The van der Waals surface area contributed by atoms with Gasteiger partial charge >= 0.3 is 0 Å². The molecule has 0 radical (unpaired) electrons. The summed E-state index contributed by atoms with van der Waals surface area (Å²) in [6.07, 6.45) is 1.08. The Morgan fingerprint density at radius 2 is 2.00 bits per heavy atom. The monoisotopic (exact) mass is 334 g/mol. The first-order valence-electron chi connectivity index (χ1n) is 5.81. The van der Waals surface area contributed by atoms with Crippen LogP contribution < -0.4 is 5.32 Å². The molecule has 6 heteroatoms. The van der Waals surface area contributed by atoms with E-state index < -0.39 is 10.0 Å². The minimum absolute atomic E-state index is 0.298. The third-order valence-electron chi connectivity index (χ3n) is 2.51. The molecule has 1 rings (SSSR count). The van der Waals surface area contributed by atoms with Crippen molar-refractivity contribution in [3.63, 3.8) is 0 Å². The number of sulfonamides is 1. The highest BCUT2D eigenvalue weighted by atomic mass is 79.9. The van der Waals surface area contributed by atoms with Crippen LogP contribution in [0.25, 0.3) is 0 Å². The first kappa shape index (κ1) is 15.6. The van der Waals surface area contributed by atoms with Gasteiger partial charge in [-0.2, -0.15) is 0 Å². The summed E-state index contributed by atoms with van der Waals surface area (Å²) < 4.78 is 25.8. The average Bonchev–Trinajstić information content (AvgIpc) is 2.29. The number of benzene rings is 1. The molecule has 0 aliphatic heterocycles. The molecule has 0 amide bonds. The second kappa shape index (κ2) is 6.65. The second-order valence-electron chi connectivity index (χ2n) is 4.23. The van der Waals surface area contributed by atoms with Crippen molar-refractivity contribution in [2.75, 3.05) is 20.6 Å². The maximum Gasteiger partial charge on any atom is 0.243 e. The summed E-state index contributed by atoms with van der Waals surface area (Å²) >= 11 is 3.33. The van der Waals surface area contributed by atoms with Gasteiger partial charge in [0.15, 0.2) is 0 Å². The van der Waals surface area contributed by atoms with Gasteiger partial charge in [-0.25, -0.2) is 12.7 Å². The zero-order valence-corrected chi connectivity index (χ0v) is 13.3. The normalized spacial score (nSPS) is 12.1. The van der Waals surface area contributed by atoms with Crippen molar-refractivity contribution in [2.24, 2.45) is 0 Å². The lowest BCUT2D eigenvalue weighted by Crippen LogP contribution is -2.22. The maximum absolute atomic E-state index is 12.0. The van der Waals surface area contributed by atoms with E-state index in [1.807, 2.05) is 12.1 Å². The average molecular weight is 335 g/mol. The van der Waals surface area contributed by atoms with Gasteiger partial charge in [0.05, 0.1) is 4.90 Å². The molecule has 0 unspecified atom stereocenters. The lowest BCUT2D eigenvalue weighted by Gasteiger charge is -2.13. The van der Waals surface area contributed by atoms with Crippen LogP contribution in [0.15, 0.2) is 27.6 Å². The first-order valence-corrected chi connectivity index (χ1v) is 8.04. The third kappa shape index (κ3) is 3.78. The highest BCUT2D eigenvalue weighted by Crippen LogP contribution is 2.25. The minimum atomic E-state index is -3.38. The van der Waals surface area contributed by atoms with Gasteiger partial charge in [-0.05, 0) is 46.6 Å². The fourth-order valence-electron chi connectivity index (χ4n) is 1.47. The van der Waals surface area contributed by atoms with Crippen LogP contribution in [0.4, 0.5) is 0 Å². The van der Waals surface area contributed by atoms with Gasteiger partial charge in [-0.15, -0.1) is 0 Å². The third-order valence-corrected chi connectivity index (χ3v) is 5.30. The summed E-state index contributed by atoms with van der Waals surface area (Å²) in [5.74, 6) is 0. The molecule has 0 bridgehead atoms. The molecule has 0 aliphatic carbocycles. The van der Waals surface area contributed by atoms with E-state index in [1.165, 1.54) is 18.4 Å². The Hall–Kier alpha value is -0.430. The largest absolute Gasteiger partial charge is 0.313 e. The zero-order valence-electron chi connectivity index (χ0n) is 10.9. The number of hydrogen-bond acceptors (Lipinski definition) is 3. The van der Waals surface area contributed by atoms with Gasteiger partial charge in [0, 0.05) is 25.1 Å². The molecule has 1 aromatic rings. The molecule has 0 atom stereocenters. The maximum atomic E-state index is 12.0. The molecule has 1 N–H and O–H groups in total. The fourth-order valence-corrected chi connectivity index (χ4v) is 3.45. The van der Waals surface area contributed by atoms with E-state index in [0.717, 1.165) is 25.1 Å². The summed E-state index contributed by atoms with van der Waals surface area (Å²) in [5.41, 5.74) is 1.06. The van der Waals surface area contributed by atoms with E-state index in [4.69, 9.17) is 0 Å². The molecule has 18 heavy (non-hydrogen) atoms. The highest BCUT2D eigenvalue weighted by Gasteiger charge is 2.20. The Balaban J connectivity index is 2.93. The van der Waals surface area contributed by atoms with Crippen LogP contribution in [0.3, 0.4) is 0 Å². The molecular weight excluding hydrogens is 316 g/mol. The Labute approximate surface area is 118 Å². The second-order valence-corrected chi connectivity index (χ2v) is 7.20. The summed E-state index contributed by atoms with van der Waals surface area (Å²) in [7, 11) is -0.331. The smallest absolute Gasteiger partial charge is 0.243 e. The molecule has 0 aliphatic rings. The van der Waals surface area contributed by atoms with Crippen LogP contribution in [0.1, 0.15) is 18.9 Å². The summed E-state index contributed by atoms with van der Waals surface area (Å²) in [5, 5.41) is 3.28. The van der Waals surface area contributed by atoms with Gasteiger partial charge < -0.3 is 5.32 Å². The van der Waals surface area contributed by atoms with Crippen LogP contribution >= 0.6 is 15.9 Å². The lowest BCUT2D eigenvalue weighted by molar-refractivity contribution is 0.520. The van der Waals surface area contributed by atoms with Crippen molar-refractivity contribution in [1.82, 2.24) is 9.62 Å². The molecular formula is C12H19BrN2O2S. The number of hydrogen-bond donors (Lipinski definition) is 1. The van der Waals surface area contributed by atoms with Crippen molar-refractivity contribution >= 4 is 26.0 Å². The van der Waals surface area contributed by atoms with Crippen LogP contribution in [-0.4, -0.2) is 33.4 Å². The van der Waals surface area contributed by atoms with Crippen molar-refractivity contribution in [2.45, 2.75) is 24.8 Å². The van der Waals surface area contributed by atoms with Gasteiger partial charge in [0.25, 0.3) is 0 Å². The summed E-state index contributed by atoms with van der Waals surface area (Å²) in [4.78, 5) is 0.298. The van der Waals surface area contributed by atoms with Gasteiger partial charge in [0.2, 0.25) is 10.0 Å². The number of halogens is 1. The Kier molecular flexibility index (Phi) is 5.78. The molecule has 0 saturated carbocycles. The molecule has 4 nitrogen and oxygen atoms in total. The number of rotatable bonds is 6. The lowest BCUT2D eigenvalue weighted by atomic mass is 10.2. The molecule has 1 aromatic carbocycles. The van der Waals surface area contributed by atoms with Crippen molar-refractivity contribution < 1.29 is 8.42 Å². The van der Waals surface area contributed by atoms with Gasteiger partial charge in [-0.3, -0.25) is 0 Å². The predicted octanol–water partition coefficient (Wildman–Crippen LogP) is 2.20. The molecule has 0 spiro atoms. The highest BCUT2D eigenvalue weighted by molar-refractivity contribution is 9.10. The molecule has 102 valence electrons. The van der Waals surface area contributed by atoms with E-state index in [9.17, 15) is 8.42 Å². The quantitative estimate of drug-likeness (QED) is 0.811. The topological polar surface area (TPSA) is 49.4 Å².